The minimum atomic E-state index is -3.76. The number of hydrogen-bond acceptors (Lipinski definition) is 8. The van der Waals surface area contributed by atoms with Crippen LogP contribution in [0.15, 0.2) is 169 Å². The first kappa shape index (κ1) is 40.8. The van der Waals surface area contributed by atoms with E-state index >= 15 is 0 Å². The van der Waals surface area contributed by atoms with Gasteiger partial charge in [-0.05, 0) is 62.4 Å². The lowest BCUT2D eigenvalue weighted by Gasteiger charge is -2.36. The highest BCUT2D eigenvalue weighted by atomic mass is 32.2. The first-order valence-corrected chi connectivity index (χ1v) is 22.2. The Kier molecular flexibility index (Phi) is 12.6. The largest absolute Gasteiger partial charge is 0.379 e. The van der Waals surface area contributed by atoms with Gasteiger partial charge in [-0.15, -0.1) is 5.10 Å². The molecule has 2 heterocycles. The van der Waals surface area contributed by atoms with Gasteiger partial charge < -0.3 is 9.75 Å². The Morgan fingerprint density at radius 1 is 0.667 bits per heavy atom. The topological polar surface area (TPSA) is 96.7 Å². The smallest absolute Gasteiger partial charge is 0.245 e. The van der Waals surface area contributed by atoms with Crippen molar-refractivity contribution < 1.29 is 13.2 Å². The van der Waals surface area contributed by atoms with E-state index in [-0.39, 0.29) is 0 Å². The highest BCUT2D eigenvalue weighted by Crippen LogP contribution is 2.43. The number of morpholine rings is 1. The monoisotopic (exact) mass is 817 g/mol. The third-order valence-corrected chi connectivity index (χ3v) is 13.3. The molecule has 1 saturated heterocycles. The van der Waals surface area contributed by atoms with Crippen LogP contribution in [-0.4, -0.2) is 77.8 Å². The van der Waals surface area contributed by atoms with Gasteiger partial charge in [0, 0.05) is 32.2 Å². The molecule has 0 atom stereocenters. The fourth-order valence-electron chi connectivity index (χ4n) is 8.29. The van der Waals surface area contributed by atoms with E-state index in [0.29, 0.717) is 49.3 Å². The lowest BCUT2D eigenvalue weighted by molar-refractivity contribution is 0.0730. The van der Waals surface area contributed by atoms with Crippen molar-refractivity contribution in [2.45, 2.75) is 43.2 Å². The molecule has 0 saturated carbocycles. The summed E-state index contributed by atoms with van der Waals surface area (Å²) in [5.74, 6) is 0.629. The van der Waals surface area contributed by atoms with E-state index in [1.165, 1.54) is 4.31 Å². The zero-order valence-corrected chi connectivity index (χ0v) is 35.0. The number of unbranched alkanes of at least 4 members (excludes halogenated alkanes) is 2. The fraction of sp³-hybridized carbons (Fsp3) is 0.245. The highest BCUT2D eigenvalue weighted by Gasteiger charge is 2.42. The second kappa shape index (κ2) is 18.5. The predicted molar refractivity (Wildman–Crippen MR) is 238 cm³/mol. The predicted octanol–water partition coefficient (Wildman–Crippen LogP) is 8.91. The molecule has 0 amide bonds. The van der Waals surface area contributed by atoms with Crippen LogP contribution in [0.4, 0.5) is 5.69 Å². The van der Waals surface area contributed by atoms with Crippen LogP contribution in [0.25, 0.3) is 22.5 Å². The minimum absolute atomic E-state index is 0.301. The molecule has 0 aliphatic carbocycles. The molecule has 1 aliphatic heterocycles. The Morgan fingerprint density at radius 2 is 1.22 bits per heavy atom. The molecule has 0 spiro atoms. The van der Waals surface area contributed by atoms with Gasteiger partial charge in [0.1, 0.15) is 10.4 Å². The SMILES string of the molecule is CCCCCN(C)N(Cc1ccc(-c2ccccc2-c2nnnn2C(c2ccccc2)(c2ccccc2)c2ccccc2)cc1)c1ccccc1S(=O)(=O)N1CCOCC1. The first-order valence-electron chi connectivity index (χ1n) is 20.7. The number of anilines is 1. The van der Waals surface area contributed by atoms with Crippen LogP contribution in [0.1, 0.15) is 48.4 Å². The van der Waals surface area contributed by atoms with Crippen LogP contribution in [0.5, 0.6) is 0 Å². The summed E-state index contributed by atoms with van der Waals surface area (Å²) in [6.07, 6.45) is 3.18. The van der Waals surface area contributed by atoms with Crippen molar-refractivity contribution in [3.05, 3.63) is 186 Å². The van der Waals surface area contributed by atoms with Crippen molar-refractivity contribution in [2.75, 3.05) is 44.9 Å². The third kappa shape index (κ3) is 8.13. The van der Waals surface area contributed by atoms with Gasteiger partial charge in [0.2, 0.25) is 10.0 Å². The first-order chi connectivity index (χ1) is 29.4. The zero-order valence-electron chi connectivity index (χ0n) is 34.2. The van der Waals surface area contributed by atoms with E-state index in [4.69, 9.17) is 15.0 Å². The second-order valence-electron chi connectivity index (χ2n) is 15.1. The van der Waals surface area contributed by atoms with E-state index < -0.39 is 15.6 Å². The average molecular weight is 818 g/mol. The van der Waals surface area contributed by atoms with Crippen LogP contribution < -0.4 is 5.01 Å². The molecule has 11 heteroatoms. The summed E-state index contributed by atoms with van der Waals surface area (Å²) in [6, 6.07) is 55.4. The molecule has 1 aromatic heterocycles. The lowest BCUT2D eigenvalue weighted by atomic mass is 9.77. The van der Waals surface area contributed by atoms with Gasteiger partial charge in [0.05, 0.1) is 25.4 Å². The minimum Gasteiger partial charge on any atom is -0.379 e. The number of tetrazole rings is 1. The molecule has 1 aliphatic rings. The van der Waals surface area contributed by atoms with E-state index in [1.54, 1.807) is 12.1 Å². The van der Waals surface area contributed by atoms with Crippen LogP contribution in [0.2, 0.25) is 0 Å². The van der Waals surface area contributed by atoms with E-state index in [9.17, 15) is 8.42 Å². The molecule has 8 rings (SSSR count). The maximum Gasteiger partial charge on any atom is 0.245 e. The second-order valence-corrected chi connectivity index (χ2v) is 17.0. The van der Waals surface area contributed by atoms with Gasteiger partial charge >= 0.3 is 0 Å². The number of hydrogen-bond donors (Lipinski definition) is 0. The summed E-state index contributed by atoms with van der Waals surface area (Å²) in [7, 11) is -1.71. The van der Waals surface area contributed by atoms with Gasteiger partial charge in [-0.25, -0.2) is 18.1 Å². The molecule has 1 fully saturated rings. The standard InChI is InChI=1S/C49H51N7O3S/c1-3-4-18-33-53(2)55(46-27-16-17-28-47(46)60(57,58)54-34-36-59-37-35-54)38-39-29-31-40(32-30-39)44-25-14-15-26-45(44)48-50-51-52-56(48)49(41-19-8-5-9-20-41,42-21-10-6-11-22-42)43-23-12-7-13-24-43/h5-17,19-32H,3-4,18,33-38H2,1-2H3. The van der Waals surface area contributed by atoms with Crippen molar-refractivity contribution in [1.82, 2.24) is 29.5 Å². The third-order valence-electron chi connectivity index (χ3n) is 11.4. The van der Waals surface area contributed by atoms with Crippen molar-refractivity contribution in [3.63, 3.8) is 0 Å². The molecule has 6 aromatic carbocycles. The van der Waals surface area contributed by atoms with Crippen LogP contribution in [-0.2, 0) is 26.8 Å². The molecule has 7 aromatic rings. The van der Waals surface area contributed by atoms with Gasteiger partial charge in [0.15, 0.2) is 5.82 Å². The van der Waals surface area contributed by atoms with Gasteiger partial charge in [0.25, 0.3) is 0 Å². The average Bonchev–Trinajstić information content (AvgIpc) is 3.80. The quantitative estimate of drug-likeness (QED) is 0.0542. The Balaban J connectivity index is 1.18. The number of nitrogens with zero attached hydrogens (tertiary/aromatic N) is 7. The number of hydrazine groups is 1. The number of ether oxygens (including phenoxy) is 1. The maximum absolute atomic E-state index is 14.1. The molecule has 0 bridgehead atoms. The molecule has 306 valence electrons. The van der Waals surface area contributed by atoms with Crippen molar-refractivity contribution in [2.24, 2.45) is 0 Å². The number of aromatic nitrogens is 4. The van der Waals surface area contributed by atoms with Gasteiger partial charge in [-0.1, -0.05) is 171 Å². The summed E-state index contributed by atoms with van der Waals surface area (Å²) in [4.78, 5) is 0.301. The molecular weight excluding hydrogens is 767 g/mol. The lowest BCUT2D eigenvalue weighted by Crippen LogP contribution is -2.43. The maximum atomic E-state index is 14.1. The summed E-state index contributed by atoms with van der Waals surface area (Å²) < 4.78 is 37.2. The molecule has 0 radical (unpaired) electrons. The molecule has 10 nitrogen and oxygen atoms in total. The van der Waals surface area contributed by atoms with Crippen molar-refractivity contribution in [1.29, 1.82) is 0 Å². The Morgan fingerprint density at radius 3 is 1.82 bits per heavy atom. The molecule has 60 heavy (non-hydrogen) atoms. The van der Waals surface area contributed by atoms with Crippen molar-refractivity contribution in [3.8, 4) is 22.5 Å². The number of para-hydroxylation sites is 1. The van der Waals surface area contributed by atoms with Crippen LogP contribution in [0, 0.1) is 0 Å². The Bertz CT molecular complexity index is 2470. The number of benzene rings is 6. The van der Waals surface area contributed by atoms with Crippen molar-refractivity contribution >= 4 is 15.7 Å². The van der Waals surface area contributed by atoms with Crippen LogP contribution >= 0.6 is 0 Å². The number of rotatable bonds is 16. The summed E-state index contributed by atoms with van der Waals surface area (Å²) in [6.45, 7) is 4.91. The van der Waals surface area contributed by atoms with Gasteiger partial charge in [-0.3, -0.25) is 0 Å². The highest BCUT2D eigenvalue weighted by molar-refractivity contribution is 7.89. The Hall–Kier alpha value is -5.98. The molecule has 0 unspecified atom stereocenters. The summed E-state index contributed by atoms with van der Waals surface area (Å²) in [5, 5.41) is 18.2. The van der Waals surface area contributed by atoms with Crippen LogP contribution in [0.3, 0.4) is 0 Å². The van der Waals surface area contributed by atoms with E-state index in [0.717, 1.165) is 64.8 Å². The fourth-order valence-corrected chi connectivity index (χ4v) is 9.89. The Labute approximate surface area is 353 Å². The summed E-state index contributed by atoms with van der Waals surface area (Å²) in [5.41, 5.74) is 6.77. The van der Waals surface area contributed by atoms with E-state index in [2.05, 4.69) is 131 Å². The zero-order chi connectivity index (χ0) is 41.4. The molecular formula is C49H51N7O3S. The summed E-state index contributed by atoms with van der Waals surface area (Å²) >= 11 is 0. The normalized spacial score (nSPS) is 13.7. The van der Waals surface area contributed by atoms with Gasteiger partial charge in [-0.2, -0.15) is 4.31 Å². The number of sulfonamides is 1. The molecule has 0 N–H and O–H groups in total. The van der Waals surface area contributed by atoms with E-state index in [1.807, 2.05) is 54.2 Å².